The fraction of sp³-hybridized carbons (Fsp3) is 0. The van der Waals surface area contributed by atoms with Crippen molar-refractivity contribution in [2.75, 3.05) is 0 Å². The number of fused-ring (bicyclic) bond motifs is 6. The molecule has 3 nitrogen and oxygen atoms in total. The molecule has 0 saturated carbocycles. The van der Waals surface area contributed by atoms with Crippen LogP contribution in [0.4, 0.5) is 0 Å². The predicted octanol–water partition coefficient (Wildman–Crippen LogP) is 9.88. The van der Waals surface area contributed by atoms with Crippen molar-refractivity contribution in [3.63, 3.8) is 0 Å². The molecular formula is C35H21NO2. The third-order valence-electron chi connectivity index (χ3n) is 7.31. The van der Waals surface area contributed by atoms with Gasteiger partial charge >= 0.3 is 0 Å². The summed E-state index contributed by atoms with van der Waals surface area (Å²) in [4.78, 5) is 4.89. The van der Waals surface area contributed by atoms with Gasteiger partial charge in [0.05, 0.1) is 0 Å². The first kappa shape index (κ1) is 21.0. The third kappa shape index (κ3) is 3.26. The molecule has 0 fully saturated rings. The predicted molar refractivity (Wildman–Crippen MR) is 155 cm³/mol. The molecule has 0 aliphatic carbocycles. The molecule has 2 aromatic heterocycles. The van der Waals surface area contributed by atoms with E-state index in [-0.39, 0.29) is 0 Å². The lowest BCUT2D eigenvalue weighted by Gasteiger charge is -2.08. The van der Waals surface area contributed by atoms with Crippen LogP contribution in [0, 0.1) is 0 Å². The minimum atomic E-state index is 0.638. The molecule has 3 heteroatoms. The highest BCUT2D eigenvalue weighted by Crippen LogP contribution is 2.38. The lowest BCUT2D eigenvalue weighted by molar-refractivity contribution is 0.620. The highest BCUT2D eigenvalue weighted by Gasteiger charge is 2.14. The Hall–Kier alpha value is -5.15. The molecule has 0 N–H and O–H groups in total. The van der Waals surface area contributed by atoms with Crippen molar-refractivity contribution in [2.24, 2.45) is 0 Å². The number of nitrogens with zero attached hydrogens (tertiary/aromatic N) is 1. The van der Waals surface area contributed by atoms with Crippen LogP contribution in [0.1, 0.15) is 0 Å². The highest BCUT2D eigenvalue weighted by atomic mass is 16.3. The normalized spacial score (nSPS) is 11.7. The molecule has 0 aliphatic heterocycles. The summed E-state index contributed by atoms with van der Waals surface area (Å²) in [6, 6.07) is 43.9. The summed E-state index contributed by atoms with van der Waals surface area (Å²) in [5.74, 6) is 0.638. The Morgan fingerprint density at radius 1 is 0.447 bits per heavy atom. The summed E-state index contributed by atoms with van der Waals surface area (Å²) in [5, 5.41) is 4.49. The number of benzene rings is 6. The summed E-state index contributed by atoms with van der Waals surface area (Å²) in [6.45, 7) is 0. The molecule has 2 heterocycles. The number of rotatable bonds is 3. The summed E-state index contributed by atoms with van der Waals surface area (Å²) in [7, 11) is 0. The first-order valence-corrected chi connectivity index (χ1v) is 12.7. The molecule has 8 rings (SSSR count). The van der Waals surface area contributed by atoms with Gasteiger partial charge in [0, 0.05) is 27.3 Å². The van der Waals surface area contributed by atoms with E-state index in [1.54, 1.807) is 0 Å². The molecule has 8 aromatic rings. The van der Waals surface area contributed by atoms with Crippen molar-refractivity contribution in [1.29, 1.82) is 0 Å². The van der Waals surface area contributed by atoms with Gasteiger partial charge in [0.1, 0.15) is 16.7 Å². The molecule has 0 amide bonds. The van der Waals surface area contributed by atoms with Gasteiger partial charge in [0.2, 0.25) is 5.89 Å². The SMILES string of the molecule is c1ccc(-c2nc3c(ccc4ccc(-c5cccc(-c6cccc7c6oc6ccccc67)c5)cc43)o2)cc1. The van der Waals surface area contributed by atoms with Gasteiger partial charge in [-0.25, -0.2) is 4.98 Å². The smallest absolute Gasteiger partial charge is 0.227 e. The van der Waals surface area contributed by atoms with Gasteiger partial charge < -0.3 is 8.83 Å². The van der Waals surface area contributed by atoms with Crippen LogP contribution in [0.3, 0.4) is 0 Å². The Kier molecular flexibility index (Phi) is 4.52. The second-order valence-electron chi connectivity index (χ2n) is 9.59. The van der Waals surface area contributed by atoms with Gasteiger partial charge in [-0.15, -0.1) is 0 Å². The zero-order valence-corrected chi connectivity index (χ0v) is 20.4. The van der Waals surface area contributed by atoms with Gasteiger partial charge in [-0.05, 0) is 58.5 Å². The van der Waals surface area contributed by atoms with Crippen LogP contribution in [0.2, 0.25) is 0 Å². The van der Waals surface area contributed by atoms with Crippen molar-refractivity contribution in [3.8, 4) is 33.7 Å². The molecular weight excluding hydrogens is 466 g/mol. The zero-order valence-electron chi connectivity index (χ0n) is 20.4. The van der Waals surface area contributed by atoms with Crippen LogP contribution < -0.4 is 0 Å². The molecule has 0 spiro atoms. The number of hydrogen-bond donors (Lipinski definition) is 0. The monoisotopic (exact) mass is 487 g/mol. The van der Waals surface area contributed by atoms with E-state index < -0.39 is 0 Å². The molecule has 38 heavy (non-hydrogen) atoms. The quantitative estimate of drug-likeness (QED) is 0.249. The fourth-order valence-corrected chi connectivity index (χ4v) is 5.43. The van der Waals surface area contributed by atoms with Gasteiger partial charge in [-0.2, -0.15) is 0 Å². The van der Waals surface area contributed by atoms with Gasteiger partial charge in [0.15, 0.2) is 5.58 Å². The second kappa shape index (κ2) is 8.19. The van der Waals surface area contributed by atoms with Crippen LogP contribution in [0.5, 0.6) is 0 Å². The molecule has 0 bridgehead atoms. The van der Waals surface area contributed by atoms with E-state index >= 15 is 0 Å². The van der Waals surface area contributed by atoms with Crippen LogP contribution in [-0.4, -0.2) is 4.98 Å². The Bertz CT molecular complexity index is 2130. The van der Waals surface area contributed by atoms with E-state index in [9.17, 15) is 0 Å². The maximum atomic E-state index is 6.31. The van der Waals surface area contributed by atoms with E-state index in [0.717, 1.165) is 71.6 Å². The van der Waals surface area contributed by atoms with Crippen molar-refractivity contribution < 1.29 is 8.83 Å². The van der Waals surface area contributed by atoms with Crippen molar-refractivity contribution in [3.05, 3.63) is 127 Å². The first-order chi connectivity index (χ1) is 18.8. The number of para-hydroxylation sites is 2. The van der Waals surface area contributed by atoms with Crippen molar-refractivity contribution in [2.45, 2.75) is 0 Å². The molecule has 0 unspecified atom stereocenters. The summed E-state index contributed by atoms with van der Waals surface area (Å²) >= 11 is 0. The lowest BCUT2D eigenvalue weighted by atomic mass is 9.96. The van der Waals surface area contributed by atoms with E-state index in [1.165, 1.54) is 0 Å². The Labute approximate surface area is 218 Å². The second-order valence-corrected chi connectivity index (χ2v) is 9.59. The van der Waals surface area contributed by atoms with Crippen LogP contribution >= 0.6 is 0 Å². The number of aromatic nitrogens is 1. The molecule has 0 radical (unpaired) electrons. The fourth-order valence-electron chi connectivity index (χ4n) is 5.43. The topological polar surface area (TPSA) is 39.2 Å². The molecule has 0 saturated heterocycles. The Morgan fingerprint density at radius 2 is 1.18 bits per heavy atom. The summed E-state index contributed by atoms with van der Waals surface area (Å²) in [5.41, 5.74) is 8.96. The largest absolute Gasteiger partial charge is 0.455 e. The van der Waals surface area contributed by atoms with Crippen molar-refractivity contribution in [1.82, 2.24) is 4.98 Å². The van der Waals surface area contributed by atoms with E-state index in [1.807, 2.05) is 48.5 Å². The average molecular weight is 488 g/mol. The van der Waals surface area contributed by atoms with Gasteiger partial charge in [-0.1, -0.05) is 91.0 Å². The number of furan rings is 1. The highest BCUT2D eigenvalue weighted by molar-refractivity contribution is 6.10. The third-order valence-corrected chi connectivity index (χ3v) is 7.31. The van der Waals surface area contributed by atoms with E-state index in [2.05, 4.69) is 78.9 Å². The molecule has 0 aliphatic rings. The number of oxazole rings is 1. The van der Waals surface area contributed by atoms with Gasteiger partial charge in [-0.3, -0.25) is 0 Å². The first-order valence-electron chi connectivity index (χ1n) is 12.7. The van der Waals surface area contributed by atoms with Crippen LogP contribution in [0.25, 0.3) is 77.5 Å². The van der Waals surface area contributed by atoms with E-state index in [4.69, 9.17) is 13.8 Å². The Balaban J connectivity index is 1.27. The zero-order chi connectivity index (χ0) is 25.1. The maximum absolute atomic E-state index is 6.31. The van der Waals surface area contributed by atoms with Crippen LogP contribution in [-0.2, 0) is 0 Å². The van der Waals surface area contributed by atoms with E-state index in [0.29, 0.717) is 5.89 Å². The molecule has 178 valence electrons. The molecule has 6 aromatic carbocycles. The summed E-state index contributed by atoms with van der Waals surface area (Å²) in [6.07, 6.45) is 0. The number of hydrogen-bond acceptors (Lipinski definition) is 3. The average Bonchev–Trinajstić information content (AvgIpc) is 3.60. The standard InChI is InChI=1S/C35H21NO2/c1-2-8-23(9-3-1)35-36-33-30-21-25(17-16-22(30)18-19-32(33)38-35)24-10-6-11-26(20-24)27-13-7-14-29-28-12-4-5-15-31(28)37-34(27)29/h1-21H. The minimum Gasteiger partial charge on any atom is -0.455 e. The minimum absolute atomic E-state index is 0.638. The molecule has 0 atom stereocenters. The Morgan fingerprint density at radius 3 is 2.13 bits per heavy atom. The van der Waals surface area contributed by atoms with Gasteiger partial charge in [0.25, 0.3) is 0 Å². The maximum Gasteiger partial charge on any atom is 0.227 e. The lowest BCUT2D eigenvalue weighted by Crippen LogP contribution is -1.84. The summed E-state index contributed by atoms with van der Waals surface area (Å²) < 4.78 is 12.4. The van der Waals surface area contributed by atoms with Crippen LogP contribution in [0.15, 0.2) is 136 Å². The van der Waals surface area contributed by atoms with Crippen molar-refractivity contribution >= 4 is 43.8 Å².